The molecule has 0 saturated carbocycles. The Bertz CT molecular complexity index is 1110. The molecule has 28 heavy (non-hydrogen) atoms. The van der Waals surface area contributed by atoms with Gasteiger partial charge in [-0.05, 0) is 35.9 Å². The molecule has 1 N–H and O–H groups in total. The molecule has 0 radical (unpaired) electrons. The molecular weight excluding hydrogens is 405 g/mol. The van der Waals surface area contributed by atoms with E-state index in [9.17, 15) is 19.7 Å². The predicted octanol–water partition coefficient (Wildman–Crippen LogP) is 4.36. The zero-order valence-corrected chi connectivity index (χ0v) is 15.8. The van der Waals surface area contributed by atoms with Crippen LogP contribution >= 0.6 is 23.2 Å². The monoisotopic (exact) mass is 417 g/mol. The minimum Gasteiger partial charge on any atom is -0.322 e. The minimum atomic E-state index is -0.635. The number of halogens is 2. The number of carbonyl (C=O) groups excluding carboxylic acids is 1. The van der Waals surface area contributed by atoms with E-state index in [4.69, 9.17) is 23.2 Å². The number of amides is 1. The summed E-state index contributed by atoms with van der Waals surface area (Å²) in [4.78, 5) is 34.9. The third kappa shape index (κ3) is 4.57. The van der Waals surface area contributed by atoms with Gasteiger partial charge in [0.1, 0.15) is 5.02 Å². The van der Waals surface area contributed by atoms with E-state index in [1.54, 1.807) is 24.3 Å². The molecule has 2 aromatic carbocycles. The quantitative estimate of drug-likeness (QED) is 0.492. The van der Waals surface area contributed by atoms with Crippen LogP contribution in [-0.4, -0.2) is 15.4 Å². The third-order valence-electron chi connectivity index (χ3n) is 3.91. The van der Waals surface area contributed by atoms with Gasteiger partial charge in [-0.2, -0.15) is 0 Å². The van der Waals surface area contributed by atoms with E-state index in [2.05, 4.69) is 5.32 Å². The van der Waals surface area contributed by atoms with Crippen molar-refractivity contribution in [2.24, 2.45) is 0 Å². The molecule has 0 aliphatic carbocycles. The average molecular weight is 418 g/mol. The van der Waals surface area contributed by atoms with Crippen LogP contribution in [0, 0.1) is 10.1 Å². The summed E-state index contributed by atoms with van der Waals surface area (Å²) in [6.45, 7) is 0.267. The summed E-state index contributed by atoms with van der Waals surface area (Å²) in [7, 11) is 0. The van der Waals surface area contributed by atoms with Gasteiger partial charge < -0.3 is 9.88 Å². The highest BCUT2D eigenvalue weighted by Crippen LogP contribution is 2.27. The first-order valence-corrected chi connectivity index (χ1v) is 8.79. The lowest BCUT2D eigenvalue weighted by molar-refractivity contribution is -0.384. The van der Waals surface area contributed by atoms with Crippen LogP contribution in [-0.2, 0) is 6.54 Å². The largest absolute Gasteiger partial charge is 0.322 e. The van der Waals surface area contributed by atoms with Crippen molar-refractivity contribution in [3.05, 3.63) is 102 Å². The van der Waals surface area contributed by atoms with Gasteiger partial charge in [0.15, 0.2) is 0 Å². The van der Waals surface area contributed by atoms with Crippen LogP contribution in [0.5, 0.6) is 0 Å². The highest BCUT2D eigenvalue weighted by molar-refractivity contribution is 6.32. The van der Waals surface area contributed by atoms with Crippen molar-refractivity contribution in [1.82, 2.24) is 4.57 Å². The van der Waals surface area contributed by atoms with Crippen molar-refractivity contribution < 1.29 is 9.72 Å². The number of nitrogens with one attached hydrogen (secondary N) is 1. The molecule has 1 aromatic heterocycles. The molecule has 0 spiro atoms. The number of nitro benzene ring substituents is 1. The van der Waals surface area contributed by atoms with Gasteiger partial charge in [0.2, 0.25) is 0 Å². The highest BCUT2D eigenvalue weighted by Gasteiger charge is 2.15. The van der Waals surface area contributed by atoms with E-state index in [1.807, 2.05) is 0 Å². The molecular formula is C19H13Cl2N3O4. The molecule has 1 amide bonds. The van der Waals surface area contributed by atoms with E-state index in [0.717, 1.165) is 5.56 Å². The Balaban J connectivity index is 1.83. The SMILES string of the molecule is O=C(Nc1ccc(Cl)c([N+](=O)[O-])c1)c1ccc(=O)n(Cc2ccc(Cl)cc2)c1. The summed E-state index contributed by atoms with van der Waals surface area (Å²) in [5.41, 5.74) is 0.709. The normalized spacial score (nSPS) is 10.5. The van der Waals surface area contributed by atoms with Gasteiger partial charge in [0.25, 0.3) is 17.2 Å². The summed E-state index contributed by atoms with van der Waals surface area (Å²) in [5.74, 6) is -0.513. The first kappa shape index (κ1) is 19.6. The molecule has 3 rings (SSSR count). The molecule has 9 heteroatoms. The molecule has 1 heterocycles. The van der Waals surface area contributed by atoms with Crippen molar-refractivity contribution in [3.8, 4) is 0 Å². The highest BCUT2D eigenvalue weighted by atomic mass is 35.5. The molecule has 0 saturated heterocycles. The molecule has 7 nitrogen and oxygen atoms in total. The number of aromatic nitrogens is 1. The number of carbonyl (C=O) groups is 1. The Morgan fingerprint density at radius 1 is 1.07 bits per heavy atom. The van der Waals surface area contributed by atoms with Crippen molar-refractivity contribution >= 4 is 40.5 Å². The lowest BCUT2D eigenvalue weighted by atomic mass is 10.2. The topological polar surface area (TPSA) is 94.2 Å². The van der Waals surface area contributed by atoms with Gasteiger partial charge >= 0.3 is 0 Å². The molecule has 142 valence electrons. The van der Waals surface area contributed by atoms with Gasteiger partial charge in [0.05, 0.1) is 17.0 Å². The zero-order valence-electron chi connectivity index (χ0n) is 14.3. The maximum absolute atomic E-state index is 12.5. The summed E-state index contributed by atoms with van der Waals surface area (Å²) in [6.07, 6.45) is 1.43. The second-order valence-corrected chi connectivity index (χ2v) is 6.73. The molecule has 0 fully saturated rings. The van der Waals surface area contributed by atoms with E-state index >= 15 is 0 Å². The zero-order chi connectivity index (χ0) is 20.3. The summed E-state index contributed by atoms with van der Waals surface area (Å²) in [5, 5.41) is 14.1. The van der Waals surface area contributed by atoms with E-state index < -0.39 is 10.8 Å². The lowest BCUT2D eigenvalue weighted by Gasteiger charge is -2.10. The minimum absolute atomic E-state index is 0.0282. The fourth-order valence-corrected chi connectivity index (χ4v) is 2.82. The second-order valence-electron chi connectivity index (χ2n) is 5.89. The molecule has 0 bridgehead atoms. The van der Waals surface area contributed by atoms with E-state index in [-0.39, 0.29) is 34.1 Å². The number of rotatable bonds is 5. The molecule has 0 unspecified atom stereocenters. The van der Waals surface area contributed by atoms with Gasteiger partial charge in [-0.1, -0.05) is 35.3 Å². The molecule has 0 aliphatic heterocycles. The first-order valence-electron chi connectivity index (χ1n) is 8.04. The number of anilines is 1. The predicted molar refractivity (Wildman–Crippen MR) is 107 cm³/mol. The first-order chi connectivity index (χ1) is 13.3. The molecule has 3 aromatic rings. The third-order valence-corrected chi connectivity index (χ3v) is 4.48. The number of hydrogen-bond donors (Lipinski definition) is 1. The van der Waals surface area contributed by atoms with Gasteiger partial charge in [0, 0.05) is 29.0 Å². The van der Waals surface area contributed by atoms with E-state index in [0.29, 0.717) is 5.02 Å². The Labute approximate surface area is 169 Å². The van der Waals surface area contributed by atoms with Crippen LogP contribution in [0.4, 0.5) is 11.4 Å². The number of pyridine rings is 1. The number of nitro groups is 1. The van der Waals surface area contributed by atoms with Gasteiger partial charge in [-0.25, -0.2) is 0 Å². The van der Waals surface area contributed by atoms with Crippen molar-refractivity contribution in [3.63, 3.8) is 0 Å². The maximum atomic E-state index is 12.5. The molecule has 0 atom stereocenters. The smallest absolute Gasteiger partial charge is 0.289 e. The Hall–Kier alpha value is -3.16. The summed E-state index contributed by atoms with van der Waals surface area (Å²) in [6, 6.07) is 13.6. The number of nitrogens with zero attached hydrogens (tertiary/aromatic N) is 2. The number of benzene rings is 2. The fraction of sp³-hybridized carbons (Fsp3) is 0.0526. The lowest BCUT2D eigenvalue weighted by Crippen LogP contribution is -2.22. The summed E-state index contributed by atoms with van der Waals surface area (Å²) >= 11 is 11.6. The van der Waals surface area contributed by atoms with Crippen LogP contribution in [0.15, 0.2) is 65.6 Å². The Morgan fingerprint density at radius 2 is 1.79 bits per heavy atom. The average Bonchev–Trinajstić information content (AvgIpc) is 2.66. The van der Waals surface area contributed by atoms with Gasteiger partial charge in [-0.3, -0.25) is 19.7 Å². The van der Waals surface area contributed by atoms with Crippen molar-refractivity contribution in [2.75, 3.05) is 5.32 Å². The second kappa shape index (κ2) is 8.24. The van der Waals surface area contributed by atoms with Crippen LogP contribution in [0.3, 0.4) is 0 Å². The van der Waals surface area contributed by atoms with E-state index in [1.165, 1.54) is 41.1 Å². The Morgan fingerprint density at radius 3 is 2.46 bits per heavy atom. The van der Waals surface area contributed by atoms with Gasteiger partial charge in [-0.15, -0.1) is 0 Å². The van der Waals surface area contributed by atoms with Crippen molar-refractivity contribution in [2.45, 2.75) is 6.54 Å². The number of hydrogen-bond acceptors (Lipinski definition) is 4. The maximum Gasteiger partial charge on any atom is 0.289 e. The van der Waals surface area contributed by atoms with Crippen LogP contribution in [0.25, 0.3) is 0 Å². The van der Waals surface area contributed by atoms with Crippen LogP contribution in [0.2, 0.25) is 10.0 Å². The summed E-state index contributed by atoms with van der Waals surface area (Å²) < 4.78 is 1.39. The van der Waals surface area contributed by atoms with Crippen LogP contribution < -0.4 is 10.9 Å². The Kier molecular flexibility index (Phi) is 5.77. The fourth-order valence-electron chi connectivity index (χ4n) is 2.51. The van der Waals surface area contributed by atoms with Crippen molar-refractivity contribution in [1.29, 1.82) is 0 Å². The van der Waals surface area contributed by atoms with Crippen LogP contribution in [0.1, 0.15) is 15.9 Å². The standard InChI is InChI=1S/C19H13Cl2N3O4/c20-14-4-1-12(2-5-14)10-23-11-13(3-8-18(23)25)19(26)22-15-6-7-16(21)17(9-15)24(27)28/h1-9,11H,10H2,(H,22,26). The molecule has 0 aliphatic rings.